The van der Waals surface area contributed by atoms with Crippen molar-refractivity contribution in [2.75, 3.05) is 30.8 Å². The lowest BCUT2D eigenvalue weighted by Gasteiger charge is -2.34. The molecule has 1 aromatic carbocycles. The molecule has 0 aromatic heterocycles. The minimum absolute atomic E-state index is 0.0125. The summed E-state index contributed by atoms with van der Waals surface area (Å²) in [7, 11) is 1.53. The molecule has 0 bridgehead atoms. The van der Waals surface area contributed by atoms with Crippen molar-refractivity contribution in [2.24, 2.45) is 0 Å². The Morgan fingerprint density at radius 1 is 1.21 bits per heavy atom. The van der Waals surface area contributed by atoms with Crippen LogP contribution < -0.4 is 15.4 Å². The summed E-state index contributed by atoms with van der Waals surface area (Å²) in [6.07, 6.45) is 3.51. The van der Waals surface area contributed by atoms with E-state index in [0.29, 0.717) is 17.1 Å². The molecule has 156 valence electrons. The highest BCUT2D eigenvalue weighted by Gasteiger charge is 2.28. The molecular weight excluding hydrogens is 358 g/mol. The van der Waals surface area contributed by atoms with Crippen molar-refractivity contribution in [3.8, 4) is 5.75 Å². The average molecular weight is 392 g/mol. The van der Waals surface area contributed by atoms with Crippen molar-refractivity contribution < 1.29 is 19.1 Å². The van der Waals surface area contributed by atoms with Crippen LogP contribution in [0.15, 0.2) is 18.2 Å². The summed E-state index contributed by atoms with van der Waals surface area (Å²) < 4.78 is 10.6. The van der Waals surface area contributed by atoms with Gasteiger partial charge in [-0.15, -0.1) is 0 Å². The normalized spacial score (nSPS) is 17.7. The van der Waals surface area contributed by atoms with E-state index in [1.807, 2.05) is 0 Å². The van der Waals surface area contributed by atoms with Crippen LogP contribution in [0, 0.1) is 0 Å². The minimum Gasteiger partial charge on any atom is -0.495 e. The molecule has 7 nitrogen and oxygen atoms in total. The third kappa shape index (κ3) is 6.41. The molecule has 2 N–H and O–H groups in total. The fourth-order valence-corrected chi connectivity index (χ4v) is 3.37. The predicted molar refractivity (Wildman–Crippen MR) is 111 cm³/mol. The second kappa shape index (κ2) is 9.78. The molecule has 1 saturated heterocycles. The number of hydrogen-bond acceptors (Lipinski definition) is 5. The molecule has 1 unspecified atom stereocenters. The van der Waals surface area contributed by atoms with Crippen molar-refractivity contribution in [3.05, 3.63) is 18.2 Å². The zero-order valence-corrected chi connectivity index (χ0v) is 17.6. The van der Waals surface area contributed by atoms with E-state index in [1.165, 1.54) is 7.11 Å². The standard InChI is InChI=1S/C21H33N3O4/c1-6-12-24-13-8-7-9-17(24)19(25)22-15-10-11-18(27-5)16(14-15)23-20(26)28-21(2,3)4/h10-11,14,17H,6-9,12-13H2,1-5H3,(H,22,25)(H,23,26). The maximum absolute atomic E-state index is 12.8. The highest BCUT2D eigenvalue weighted by atomic mass is 16.6. The van der Waals surface area contributed by atoms with Crippen LogP contribution in [-0.2, 0) is 9.53 Å². The van der Waals surface area contributed by atoms with Gasteiger partial charge in [0.05, 0.1) is 18.8 Å². The van der Waals surface area contributed by atoms with Crippen molar-refractivity contribution in [3.63, 3.8) is 0 Å². The molecule has 1 aliphatic rings. The number of nitrogens with one attached hydrogen (secondary N) is 2. The second-order valence-electron chi connectivity index (χ2n) is 8.08. The molecule has 1 aliphatic heterocycles. The topological polar surface area (TPSA) is 79.9 Å². The zero-order valence-electron chi connectivity index (χ0n) is 17.6. The first kappa shape index (κ1) is 22.0. The summed E-state index contributed by atoms with van der Waals surface area (Å²) in [5, 5.41) is 5.68. The van der Waals surface area contributed by atoms with E-state index in [1.54, 1.807) is 39.0 Å². The Bertz CT molecular complexity index is 683. The van der Waals surface area contributed by atoms with Gasteiger partial charge in [-0.05, 0) is 71.3 Å². The molecule has 0 saturated carbocycles. The van der Waals surface area contributed by atoms with Gasteiger partial charge >= 0.3 is 6.09 Å². The fraction of sp³-hybridized carbons (Fsp3) is 0.619. The number of rotatable bonds is 6. The molecule has 0 radical (unpaired) electrons. The van der Waals surface area contributed by atoms with Gasteiger partial charge in [-0.25, -0.2) is 4.79 Å². The second-order valence-corrected chi connectivity index (χ2v) is 8.08. The number of amides is 2. The summed E-state index contributed by atoms with van der Waals surface area (Å²) in [5.74, 6) is 0.482. The van der Waals surface area contributed by atoms with Crippen LogP contribution in [0.3, 0.4) is 0 Å². The monoisotopic (exact) mass is 391 g/mol. The number of nitrogens with zero attached hydrogens (tertiary/aromatic N) is 1. The Hall–Kier alpha value is -2.28. The number of piperidine rings is 1. The van der Waals surface area contributed by atoms with Crippen LogP contribution in [0.25, 0.3) is 0 Å². The van der Waals surface area contributed by atoms with Crippen LogP contribution in [0.2, 0.25) is 0 Å². The molecule has 1 heterocycles. The predicted octanol–water partition coefficient (Wildman–Crippen LogP) is 4.25. The van der Waals surface area contributed by atoms with Crippen molar-refractivity contribution in [2.45, 2.75) is 65.0 Å². The first-order valence-corrected chi connectivity index (χ1v) is 9.96. The summed E-state index contributed by atoms with van der Waals surface area (Å²) in [5.41, 5.74) is 0.454. The first-order chi connectivity index (χ1) is 13.2. The summed E-state index contributed by atoms with van der Waals surface area (Å²) >= 11 is 0. The quantitative estimate of drug-likeness (QED) is 0.758. The van der Waals surface area contributed by atoms with Gasteiger partial charge < -0.3 is 14.8 Å². The summed E-state index contributed by atoms with van der Waals surface area (Å²) in [6.45, 7) is 9.40. The molecule has 0 spiro atoms. The number of likely N-dealkylation sites (tertiary alicyclic amines) is 1. The van der Waals surface area contributed by atoms with Crippen LogP contribution >= 0.6 is 0 Å². The fourth-order valence-electron chi connectivity index (χ4n) is 3.37. The van der Waals surface area contributed by atoms with Gasteiger partial charge in [-0.1, -0.05) is 13.3 Å². The molecule has 2 rings (SSSR count). The SMILES string of the molecule is CCCN1CCCCC1C(=O)Nc1ccc(OC)c(NC(=O)OC(C)(C)C)c1. The Kier molecular flexibility index (Phi) is 7.69. The number of anilines is 2. The van der Waals surface area contributed by atoms with Gasteiger partial charge in [0.15, 0.2) is 0 Å². The van der Waals surface area contributed by atoms with E-state index >= 15 is 0 Å². The minimum atomic E-state index is -0.604. The van der Waals surface area contributed by atoms with Gasteiger partial charge in [-0.2, -0.15) is 0 Å². The Labute approximate surface area is 167 Å². The van der Waals surface area contributed by atoms with Gasteiger partial charge in [0.2, 0.25) is 5.91 Å². The lowest BCUT2D eigenvalue weighted by Crippen LogP contribution is -2.47. The number of carbonyl (C=O) groups is 2. The lowest BCUT2D eigenvalue weighted by molar-refractivity contribution is -0.122. The van der Waals surface area contributed by atoms with E-state index in [0.717, 1.165) is 38.8 Å². The molecule has 0 aliphatic carbocycles. The van der Waals surface area contributed by atoms with Gasteiger partial charge in [-0.3, -0.25) is 15.0 Å². The van der Waals surface area contributed by atoms with Crippen molar-refractivity contribution in [1.29, 1.82) is 0 Å². The van der Waals surface area contributed by atoms with E-state index < -0.39 is 11.7 Å². The molecule has 1 aromatic rings. The van der Waals surface area contributed by atoms with Gasteiger partial charge in [0, 0.05) is 5.69 Å². The Morgan fingerprint density at radius 2 is 1.96 bits per heavy atom. The van der Waals surface area contributed by atoms with Crippen LogP contribution in [0.5, 0.6) is 5.75 Å². The largest absolute Gasteiger partial charge is 0.495 e. The first-order valence-electron chi connectivity index (χ1n) is 9.96. The maximum Gasteiger partial charge on any atom is 0.412 e. The van der Waals surface area contributed by atoms with Gasteiger partial charge in [0.25, 0.3) is 0 Å². The molecular formula is C21H33N3O4. The van der Waals surface area contributed by atoms with Crippen LogP contribution in [0.4, 0.5) is 16.2 Å². The van der Waals surface area contributed by atoms with E-state index in [-0.39, 0.29) is 11.9 Å². The highest BCUT2D eigenvalue weighted by Crippen LogP contribution is 2.29. The Morgan fingerprint density at radius 3 is 2.61 bits per heavy atom. The third-order valence-corrected chi connectivity index (χ3v) is 4.53. The van der Waals surface area contributed by atoms with Crippen molar-refractivity contribution in [1.82, 2.24) is 4.90 Å². The molecule has 2 amide bonds. The highest BCUT2D eigenvalue weighted by molar-refractivity contribution is 5.96. The molecule has 1 atom stereocenters. The Balaban J connectivity index is 2.11. The number of hydrogen-bond donors (Lipinski definition) is 2. The van der Waals surface area contributed by atoms with Gasteiger partial charge in [0.1, 0.15) is 11.4 Å². The molecule has 1 fully saturated rings. The van der Waals surface area contributed by atoms with Crippen LogP contribution in [0.1, 0.15) is 53.4 Å². The number of methoxy groups -OCH3 is 1. The lowest BCUT2D eigenvalue weighted by atomic mass is 10.0. The summed E-state index contributed by atoms with van der Waals surface area (Å²) in [6, 6.07) is 5.06. The molecule has 28 heavy (non-hydrogen) atoms. The average Bonchev–Trinajstić information content (AvgIpc) is 2.61. The number of carbonyl (C=O) groups excluding carboxylic acids is 2. The molecule has 7 heteroatoms. The number of benzene rings is 1. The number of ether oxygens (including phenoxy) is 2. The van der Waals surface area contributed by atoms with E-state index in [9.17, 15) is 9.59 Å². The van der Waals surface area contributed by atoms with Crippen molar-refractivity contribution >= 4 is 23.4 Å². The zero-order chi connectivity index (χ0) is 20.7. The van der Waals surface area contributed by atoms with Crippen LogP contribution in [-0.4, -0.2) is 48.7 Å². The third-order valence-electron chi connectivity index (χ3n) is 4.53. The van der Waals surface area contributed by atoms with E-state index in [4.69, 9.17) is 9.47 Å². The maximum atomic E-state index is 12.8. The smallest absolute Gasteiger partial charge is 0.412 e. The summed E-state index contributed by atoms with van der Waals surface area (Å²) in [4.78, 5) is 27.2. The van der Waals surface area contributed by atoms with E-state index in [2.05, 4.69) is 22.5 Å².